The van der Waals surface area contributed by atoms with Crippen molar-refractivity contribution in [2.45, 2.75) is 52.5 Å². The normalized spacial score (nSPS) is 25.3. The number of aromatic nitrogens is 1. The van der Waals surface area contributed by atoms with E-state index in [9.17, 15) is 0 Å². The summed E-state index contributed by atoms with van der Waals surface area (Å²) in [6.07, 6.45) is 9.25. The summed E-state index contributed by atoms with van der Waals surface area (Å²) in [6, 6.07) is 2.64. The Hall–Kier alpha value is -0.890. The van der Waals surface area contributed by atoms with E-state index in [-0.39, 0.29) is 0 Å². The van der Waals surface area contributed by atoms with E-state index in [4.69, 9.17) is 0 Å². The first-order valence-corrected chi connectivity index (χ1v) is 7.36. The zero-order valence-electron chi connectivity index (χ0n) is 11.9. The smallest absolute Gasteiger partial charge is 0.0366 e. The van der Waals surface area contributed by atoms with Gasteiger partial charge in [0.2, 0.25) is 0 Å². The molecule has 0 radical (unpaired) electrons. The van der Waals surface area contributed by atoms with Crippen LogP contribution in [0.15, 0.2) is 18.5 Å². The Labute approximate surface area is 111 Å². The van der Waals surface area contributed by atoms with Crippen LogP contribution in [-0.2, 0) is 0 Å². The molecule has 0 spiro atoms. The van der Waals surface area contributed by atoms with Crippen molar-refractivity contribution in [3.05, 3.63) is 29.6 Å². The molecule has 1 aromatic rings. The van der Waals surface area contributed by atoms with Crippen molar-refractivity contribution in [1.29, 1.82) is 0 Å². The van der Waals surface area contributed by atoms with Gasteiger partial charge in [-0.25, -0.2) is 0 Å². The monoisotopic (exact) mass is 246 g/mol. The summed E-state index contributed by atoms with van der Waals surface area (Å²) in [4.78, 5) is 4.32. The lowest BCUT2D eigenvalue weighted by atomic mass is 9.89. The van der Waals surface area contributed by atoms with Crippen LogP contribution in [0.4, 0.5) is 0 Å². The molecule has 1 aliphatic rings. The molecule has 1 heterocycles. The maximum absolute atomic E-state index is 4.32. The van der Waals surface area contributed by atoms with Gasteiger partial charge in [-0.05, 0) is 61.8 Å². The maximum atomic E-state index is 4.32. The largest absolute Gasteiger partial charge is 0.310 e. The number of pyridine rings is 1. The van der Waals surface area contributed by atoms with Crippen molar-refractivity contribution in [1.82, 2.24) is 10.3 Å². The number of aryl methyl sites for hydroxylation is 1. The van der Waals surface area contributed by atoms with Crippen LogP contribution in [0.25, 0.3) is 0 Å². The van der Waals surface area contributed by atoms with Crippen molar-refractivity contribution in [2.75, 3.05) is 6.54 Å². The zero-order valence-corrected chi connectivity index (χ0v) is 11.9. The van der Waals surface area contributed by atoms with Crippen LogP contribution >= 0.6 is 0 Å². The molecule has 3 unspecified atom stereocenters. The predicted molar refractivity (Wildman–Crippen MR) is 76.5 cm³/mol. The van der Waals surface area contributed by atoms with Crippen LogP contribution in [0.5, 0.6) is 0 Å². The Morgan fingerprint density at radius 1 is 1.44 bits per heavy atom. The minimum atomic E-state index is 0.503. The fourth-order valence-corrected chi connectivity index (χ4v) is 3.19. The second-order valence-corrected chi connectivity index (χ2v) is 5.84. The van der Waals surface area contributed by atoms with Crippen LogP contribution in [0.1, 0.15) is 56.7 Å². The number of hydrogen-bond donors (Lipinski definition) is 1. The van der Waals surface area contributed by atoms with Crippen molar-refractivity contribution < 1.29 is 0 Å². The molecule has 1 fully saturated rings. The summed E-state index contributed by atoms with van der Waals surface area (Å²) >= 11 is 0. The fourth-order valence-electron chi connectivity index (χ4n) is 3.19. The van der Waals surface area contributed by atoms with Crippen LogP contribution in [0, 0.1) is 18.8 Å². The first-order valence-electron chi connectivity index (χ1n) is 7.36. The lowest BCUT2D eigenvalue weighted by Crippen LogP contribution is -2.28. The standard InChI is InChI=1S/C16H26N2/c1-4-8-18-16(14-6-5-12(2)10-14)15-11-17-9-7-13(15)3/h7,9,11-12,14,16,18H,4-6,8,10H2,1-3H3. The highest BCUT2D eigenvalue weighted by molar-refractivity contribution is 5.26. The van der Waals surface area contributed by atoms with Gasteiger partial charge in [-0.2, -0.15) is 0 Å². The molecule has 0 saturated heterocycles. The molecule has 1 aromatic heterocycles. The van der Waals surface area contributed by atoms with E-state index in [0.29, 0.717) is 6.04 Å². The molecule has 100 valence electrons. The Morgan fingerprint density at radius 3 is 2.89 bits per heavy atom. The highest BCUT2D eigenvalue weighted by Gasteiger charge is 2.30. The van der Waals surface area contributed by atoms with Crippen LogP contribution in [0.2, 0.25) is 0 Å². The van der Waals surface area contributed by atoms with Crippen molar-refractivity contribution in [3.8, 4) is 0 Å². The minimum Gasteiger partial charge on any atom is -0.310 e. The Balaban J connectivity index is 2.17. The number of nitrogens with one attached hydrogen (secondary N) is 1. The average molecular weight is 246 g/mol. The second kappa shape index (κ2) is 6.33. The molecular formula is C16H26N2. The summed E-state index contributed by atoms with van der Waals surface area (Å²) < 4.78 is 0. The molecule has 2 rings (SSSR count). The van der Waals surface area contributed by atoms with Gasteiger partial charge in [-0.15, -0.1) is 0 Å². The third-order valence-electron chi connectivity index (χ3n) is 4.24. The molecule has 1 saturated carbocycles. The molecule has 1 N–H and O–H groups in total. The van der Waals surface area contributed by atoms with Crippen LogP contribution < -0.4 is 5.32 Å². The zero-order chi connectivity index (χ0) is 13.0. The highest BCUT2D eigenvalue weighted by Crippen LogP contribution is 2.39. The maximum Gasteiger partial charge on any atom is 0.0366 e. The lowest BCUT2D eigenvalue weighted by Gasteiger charge is -2.26. The minimum absolute atomic E-state index is 0.503. The van der Waals surface area contributed by atoms with Crippen LogP contribution in [-0.4, -0.2) is 11.5 Å². The van der Waals surface area contributed by atoms with Gasteiger partial charge in [-0.1, -0.05) is 20.3 Å². The van der Waals surface area contributed by atoms with Gasteiger partial charge >= 0.3 is 0 Å². The van der Waals surface area contributed by atoms with E-state index < -0.39 is 0 Å². The number of rotatable bonds is 5. The van der Waals surface area contributed by atoms with Crippen molar-refractivity contribution in [2.24, 2.45) is 11.8 Å². The van der Waals surface area contributed by atoms with Gasteiger partial charge in [0.25, 0.3) is 0 Å². The van der Waals surface area contributed by atoms with Gasteiger partial charge in [0.05, 0.1) is 0 Å². The first kappa shape index (κ1) is 13.5. The fraction of sp³-hybridized carbons (Fsp3) is 0.688. The molecule has 1 aliphatic carbocycles. The Bertz CT molecular complexity index is 375. The predicted octanol–water partition coefficient (Wildman–Crippen LogP) is 3.87. The van der Waals surface area contributed by atoms with Crippen molar-refractivity contribution in [3.63, 3.8) is 0 Å². The molecule has 2 heteroatoms. The third kappa shape index (κ3) is 3.11. The quantitative estimate of drug-likeness (QED) is 0.853. The lowest BCUT2D eigenvalue weighted by molar-refractivity contribution is 0.357. The van der Waals surface area contributed by atoms with E-state index >= 15 is 0 Å². The average Bonchev–Trinajstić information content (AvgIpc) is 2.78. The Kier molecular flexibility index (Phi) is 4.76. The summed E-state index contributed by atoms with van der Waals surface area (Å²) in [5, 5.41) is 3.75. The molecule has 0 amide bonds. The molecular weight excluding hydrogens is 220 g/mol. The molecule has 2 nitrogen and oxygen atoms in total. The summed E-state index contributed by atoms with van der Waals surface area (Å²) in [5.41, 5.74) is 2.78. The van der Waals surface area contributed by atoms with E-state index in [1.165, 1.54) is 36.8 Å². The van der Waals surface area contributed by atoms with E-state index in [2.05, 4.69) is 43.3 Å². The topological polar surface area (TPSA) is 24.9 Å². The summed E-state index contributed by atoms with van der Waals surface area (Å²) in [6.45, 7) is 7.92. The molecule has 0 aromatic carbocycles. The second-order valence-electron chi connectivity index (χ2n) is 5.84. The molecule has 0 aliphatic heterocycles. The third-order valence-corrected chi connectivity index (χ3v) is 4.24. The number of hydrogen-bond acceptors (Lipinski definition) is 2. The summed E-state index contributed by atoms with van der Waals surface area (Å²) in [7, 11) is 0. The van der Waals surface area contributed by atoms with Gasteiger partial charge in [0.1, 0.15) is 0 Å². The molecule has 0 bridgehead atoms. The van der Waals surface area contributed by atoms with Gasteiger partial charge in [-0.3, -0.25) is 4.98 Å². The Morgan fingerprint density at radius 2 is 2.28 bits per heavy atom. The van der Waals surface area contributed by atoms with Gasteiger partial charge < -0.3 is 5.32 Å². The number of nitrogens with zero attached hydrogens (tertiary/aromatic N) is 1. The van der Waals surface area contributed by atoms with E-state index in [1.807, 2.05) is 6.20 Å². The first-order chi connectivity index (χ1) is 8.72. The van der Waals surface area contributed by atoms with Gasteiger partial charge in [0, 0.05) is 18.4 Å². The van der Waals surface area contributed by atoms with Crippen molar-refractivity contribution >= 4 is 0 Å². The molecule has 3 atom stereocenters. The highest BCUT2D eigenvalue weighted by atomic mass is 14.9. The van der Waals surface area contributed by atoms with E-state index in [0.717, 1.165) is 18.4 Å². The van der Waals surface area contributed by atoms with E-state index in [1.54, 1.807) is 0 Å². The summed E-state index contributed by atoms with van der Waals surface area (Å²) in [5.74, 6) is 1.67. The van der Waals surface area contributed by atoms with Crippen LogP contribution in [0.3, 0.4) is 0 Å². The SMILES string of the molecule is CCCNC(c1cnccc1C)C1CCC(C)C1. The van der Waals surface area contributed by atoms with Gasteiger partial charge in [0.15, 0.2) is 0 Å². The molecule has 18 heavy (non-hydrogen) atoms.